The topological polar surface area (TPSA) is 57.6 Å². The average molecular weight is 333 g/mol. The molecule has 0 radical (unpaired) electrons. The Morgan fingerprint density at radius 1 is 1.23 bits per heavy atom. The van der Waals surface area contributed by atoms with E-state index in [1.165, 1.54) is 23.1 Å². The molecule has 2 aliphatic rings. The van der Waals surface area contributed by atoms with Gasteiger partial charge in [0.15, 0.2) is 11.5 Å². The number of thiophene rings is 1. The number of ketones is 2. The van der Waals surface area contributed by atoms with Crippen LogP contribution in [0.2, 0.25) is 0 Å². The lowest BCUT2D eigenvalue weighted by Crippen LogP contribution is -2.26. The number of carbonyl (C=O) groups is 2. The third-order valence-corrected chi connectivity index (χ3v) is 6.06. The van der Waals surface area contributed by atoms with E-state index in [9.17, 15) is 14.7 Å². The summed E-state index contributed by atoms with van der Waals surface area (Å²) in [6, 6.07) is 3.65. The highest BCUT2D eigenvalue weighted by Crippen LogP contribution is 2.43. The number of aliphatic hydroxyl groups excluding tert-OH is 1. The molecule has 1 aliphatic carbocycles. The highest BCUT2D eigenvalue weighted by Gasteiger charge is 2.46. The summed E-state index contributed by atoms with van der Waals surface area (Å²) in [7, 11) is 3.81. The van der Waals surface area contributed by atoms with Crippen molar-refractivity contribution < 1.29 is 14.7 Å². The van der Waals surface area contributed by atoms with Crippen LogP contribution in [0.4, 0.5) is 5.00 Å². The van der Waals surface area contributed by atoms with Gasteiger partial charge in [-0.1, -0.05) is 18.7 Å². The number of rotatable bonds is 3. The summed E-state index contributed by atoms with van der Waals surface area (Å²) < 4.78 is 0. The van der Waals surface area contributed by atoms with Crippen molar-refractivity contribution in [2.75, 3.05) is 19.0 Å². The smallest absolute Gasteiger partial charge is 0.210 e. The zero-order valence-corrected chi connectivity index (χ0v) is 13.8. The van der Waals surface area contributed by atoms with E-state index in [2.05, 4.69) is 6.58 Å². The fourth-order valence-corrected chi connectivity index (χ4v) is 4.56. The molecule has 0 saturated carbocycles. The van der Waals surface area contributed by atoms with E-state index in [0.717, 1.165) is 9.91 Å². The maximum absolute atomic E-state index is 12.7. The number of thioether (sulfide) groups is 1. The number of Topliss-reactive ketones (excluding diaryl/α,β-unsaturated/α-hetero) is 2. The van der Waals surface area contributed by atoms with Gasteiger partial charge in [0, 0.05) is 29.1 Å². The van der Waals surface area contributed by atoms with Crippen molar-refractivity contribution in [1.82, 2.24) is 0 Å². The molecule has 6 heteroatoms. The molecule has 0 amide bonds. The van der Waals surface area contributed by atoms with Crippen LogP contribution in [0.15, 0.2) is 41.5 Å². The van der Waals surface area contributed by atoms with Crippen molar-refractivity contribution in [3.05, 3.63) is 46.4 Å². The fourth-order valence-electron chi connectivity index (χ4n) is 2.54. The number of hydrogen-bond donors (Lipinski definition) is 1. The van der Waals surface area contributed by atoms with E-state index in [4.69, 9.17) is 0 Å². The van der Waals surface area contributed by atoms with Gasteiger partial charge in [0.1, 0.15) is 5.92 Å². The average Bonchev–Trinajstić information content (AvgIpc) is 3.12. The minimum atomic E-state index is -0.847. The number of anilines is 1. The van der Waals surface area contributed by atoms with E-state index < -0.39 is 17.5 Å². The largest absolute Gasteiger partial charge is 0.504 e. The first kappa shape index (κ1) is 15.1. The molecule has 0 spiro atoms. The maximum atomic E-state index is 12.7. The lowest BCUT2D eigenvalue weighted by Gasteiger charge is -2.13. The Hall–Kier alpha value is -1.79. The van der Waals surface area contributed by atoms with Crippen molar-refractivity contribution in [2.24, 2.45) is 5.92 Å². The van der Waals surface area contributed by atoms with Gasteiger partial charge < -0.3 is 10.0 Å². The molecule has 0 fully saturated rings. The van der Waals surface area contributed by atoms with Crippen LogP contribution in [0, 0.1) is 5.92 Å². The lowest BCUT2D eigenvalue weighted by atomic mass is 9.98. The number of allylic oxidation sites excluding steroid dienone is 3. The molecule has 1 aromatic heterocycles. The predicted molar refractivity (Wildman–Crippen MR) is 91.4 cm³/mol. The van der Waals surface area contributed by atoms with Crippen molar-refractivity contribution in [3.63, 3.8) is 0 Å². The van der Waals surface area contributed by atoms with Gasteiger partial charge in [-0.25, -0.2) is 0 Å². The Morgan fingerprint density at radius 2 is 1.95 bits per heavy atom. The van der Waals surface area contributed by atoms with Gasteiger partial charge in [0.25, 0.3) is 0 Å². The number of nitrogens with zero attached hydrogens (tertiary/aromatic N) is 1. The second-order valence-electron chi connectivity index (χ2n) is 5.37. The third kappa shape index (κ3) is 2.32. The minimum Gasteiger partial charge on any atom is -0.504 e. The van der Waals surface area contributed by atoms with Crippen LogP contribution < -0.4 is 4.90 Å². The lowest BCUT2D eigenvalue weighted by molar-refractivity contribution is -0.126. The quantitative estimate of drug-likeness (QED) is 0.862. The zero-order chi connectivity index (χ0) is 16.0. The molecule has 2 atom stereocenters. The molecule has 4 nitrogen and oxygen atoms in total. The van der Waals surface area contributed by atoms with Crippen LogP contribution >= 0.6 is 23.1 Å². The Kier molecular flexibility index (Phi) is 3.74. The van der Waals surface area contributed by atoms with Gasteiger partial charge in [0.2, 0.25) is 5.78 Å². The van der Waals surface area contributed by atoms with Crippen LogP contribution in [-0.2, 0) is 9.59 Å². The Morgan fingerprint density at radius 3 is 2.50 bits per heavy atom. The van der Waals surface area contributed by atoms with E-state index in [0.29, 0.717) is 4.88 Å². The summed E-state index contributed by atoms with van der Waals surface area (Å²) in [4.78, 5) is 28.4. The molecule has 1 aromatic rings. The van der Waals surface area contributed by atoms with Crippen molar-refractivity contribution in [3.8, 4) is 0 Å². The first-order valence-corrected chi connectivity index (χ1v) is 8.42. The molecular weight excluding hydrogens is 318 g/mol. The van der Waals surface area contributed by atoms with Crippen molar-refractivity contribution >= 4 is 45.2 Å². The normalized spacial score (nSPS) is 24.7. The molecule has 2 unspecified atom stereocenters. The van der Waals surface area contributed by atoms with Crippen LogP contribution in [0.1, 0.15) is 4.88 Å². The van der Waals surface area contributed by atoms with Gasteiger partial charge in [-0.15, -0.1) is 23.1 Å². The number of aliphatic hydroxyl groups is 1. The summed E-state index contributed by atoms with van der Waals surface area (Å²) in [6.07, 6.45) is 3.61. The third-order valence-electron chi connectivity index (χ3n) is 3.65. The fraction of sp³-hybridized carbons (Fsp3) is 0.250. The first-order valence-electron chi connectivity index (χ1n) is 6.73. The Bertz CT molecular complexity index is 742. The van der Waals surface area contributed by atoms with Crippen molar-refractivity contribution in [1.29, 1.82) is 0 Å². The second-order valence-corrected chi connectivity index (χ2v) is 7.74. The van der Waals surface area contributed by atoms with Crippen LogP contribution in [0.5, 0.6) is 0 Å². The van der Waals surface area contributed by atoms with E-state index in [1.54, 1.807) is 12.1 Å². The second kappa shape index (κ2) is 5.44. The number of carbonyl (C=O) groups excluding carboxylic acids is 2. The zero-order valence-electron chi connectivity index (χ0n) is 12.2. The maximum Gasteiger partial charge on any atom is 0.210 e. The van der Waals surface area contributed by atoms with E-state index in [1.807, 2.05) is 31.1 Å². The molecule has 0 aromatic carbocycles. The molecule has 0 bridgehead atoms. The SMILES string of the molecule is C=C1C=CC(C2C(=O)C(O)=C(c3ccc(N(C)C)s3)C2=O)S1. The molecule has 114 valence electrons. The van der Waals surface area contributed by atoms with E-state index >= 15 is 0 Å². The van der Waals surface area contributed by atoms with Gasteiger partial charge in [0.05, 0.1) is 10.6 Å². The van der Waals surface area contributed by atoms with Crippen LogP contribution in [0.25, 0.3) is 5.57 Å². The highest BCUT2D eigenvalue weighted by atomic mass is 32.2. The summed E-state index contributed by atoms with van der Waals surface area (Å²) in [6.45, 7) is 3.82. The van der Waals surface area contributed by atoms with Crippen LogP contribution in [-0.4, -0.2) is 36.0 Å². The van der Waals surface area contributed by atoms with Gasteiger partial charge in [-0.2, -0.15) is 0 Å². The van der Waals surface area contributed by atoms with Crippen LogP contribution in [0.3, 0.4) is 0 Å². The van der Waals surface area contributed by atoms with Gasteiger partial charge in [-0.3, -0.25) is 9.59 Å². The minimum absolute atomic E-state index is 0.152. The molecule has 3 rings (SSSR count). The Labute approximate surface area is 136 Å². The first-order chi connectivity index (χ1) is 10.4. The summed E-state index contributed by atoms with van der Waals surface area (Å²) in [5.41, 5.74) is 0.152. The predicted octanol–water partition coefficient (Wildman–Crippen LogP) is 3.04. The molecule has 1 N–H and O–H groups in total. The molecule has 1 aliphatic heterocycles. The highest BCUT2D eigenvalue weighted by molar-refractivity contribution is 8.04. The standard InChI is InChI=1S/C16H15NO3S2/c1-8-4-5-9(21-8)12-14(18)13(16(20)15(12)19)10-6-7-11(22-10)17(2)3/h4-7,9,12,20H,1H2,2-3H3. The molecular formula is C16H15NO3S2. The monoisotopic (exact) mass is 333 g/mol. The summed E-state index contributed by atoms with van der Waals surface area (Å²) in [5, 5.41) is 10.9. The molecule has 2 heterocycles. The Balaban J connectivity index is 1.95. The summed E-state index contributed by atoms with van der Waals surface area (Å²) >= 11 is 2.78. The van der Waals surface area contributed by atoms with Crippen molar-refractivity contribution in [2.45, 2.75) is 5.25 Å². The van der Waals surface area contributed by atoms with Gasteiger partial charge >= 0.3 is 0 Å². The van der Waals surface area contributed by atoms with Gasteiger partial charge in [-0.05, 0) is 12.1 Å². The molecule has 22 heavy (non-hydrogen) atoms. The molecule has 0 saturated heterocycles. The summed E-state index contributed by atoms with van der Waals surface area (Å²) in [5.74, 6) is -2.04. The van der Waals surface area contributed by atoms with E-state index in [-0.39, 0.29) is 16.6 Å². The number of hydrogen-bond acceptors (Lipinski definition) is 6.